The van der Waals surface area contributed by atoms with Gasteiger partial charge in [-0.2, -0.15) is 0 Å². The highest BCUT2D eigenvalue weighted by Gasteiger charge is 1.79. The maximum atomic E-state index is 3.07. The van der Waals surface area contributed by atoms with Gasteiger partial charge >= 0.3 is 0 Å². The van der Waals surface area contributed by atoms with Crippen molar-refractivity contribution in [1.82, 2.24) is 0 Å². The van der Waals surface area contributed by atoms with Crippen LogP contribution >= 0.6 is 0 Å². The van der Waals surface area contributed by atoms with Gasteiger partial charge in [0, 0.05) is 6.42 Å². The van der Waals surface area contributed by atoms with Crippen LogP contribution in [0.3, 0.4) is 0 Å². The molecular weight excluding hydrogens is 120 g/mol. The van der Waals surface area contributed by atoms with Crippen molar-refractivity contribution in [2.24, 2.45) is 0 Å². The Balaban J connectivity index is 2.44. The molecule has 0 saturated carbocycles. The van der Waals surface area contributed by atoms with Crippen molar-refractivity contribution in [3.8, 4) is 11.8 Å². The molecule has 0 atom stereocenters. The minimum Gasteiger partial charge on any atom is -0.0982 e. The summed E-state index contributed by atoms with van der Waals surface area (Å²) in [5, 5.41) is 0. The van der Waals surface area contributed by atoms with Gasteiger partial charge in [0.15, 0.2) is 0 Å². The molecule has 10 heavy (non-hydrogen) atoms. The predicted octanol–water partition coefficient (Wildman–Crippen LogP) is 2.68. The molecule has 1 rings (SSSR count). The van der Waals surface area contributed by atoms with Crippen LogP contribution < -0.4 is 0 Å². The van der Waals surface area contributed by atoms with E-state index in [9.17, 15) is 0 Å². The van der Waals surface area contributed by atoms with Crippen molar-refractivity contribution in [1.29, 1.82) is 0 Å². The van der Waals surface area contributed by atoms with Gasteiger partial charge in [0.2, 0.25) is 0 Å². The fraction of sp³-hybridized carbons (Fsp3) is 0.400. The quantitative estimate of drug-likeness (QED) is 0.351. The van der Waals surface area contributed by atoms with E-state index in [1.54, 1.807) is 0 Å². The average molecular weight is 132 g/mol. The summed E-state index contributed by atoms with van der Waals surface area (Å²) in [7, 11) is 0. The van der Waals surface area contributed by atoms with Gasteiger partial charge in [-0.3, -0.25) is 0 Å². The van der Waals surface area contributed by atoms with E-state index in [-0.39, 0.29) is 0 Å². The zero-order valence-electron chi connectivity index (χ0n) is 6.14. The highest BCUT2D eigenvalue weighted by atomic mass is 13.8. The molecule has 0 heteroatoms. The van der Waals surface area contributed by atoms with Crippen molar-refractivity contribution in [3.05, 3.63) is 24.3 Å². The summed E-state index contributed by atoms with van der Waals surface area (Å²) in [4.78, 5) is 0. The summed E-state index contributed by atoms with van der Waals surface area (Å²) in [6.07, 6.45) is 12.9. The van der Waals surface area contributed by atoms with Crippen LogP contribution in [0.5, 0.6) is 0 Å². The lowest BCUT2D eigenvalue weighted by molar-refractivity contribution is 1.01. The van der Waals surface area contributed by atoms with Crippen LogP contribution in [0.15, 0.2) is 24.3 Å². The lowest BCUT2D eigenvalue weighted by Gasteiger charge is -1.87. The van der Waals surface area contributed by atoms with Crippen LogP contribution in [0.1, 0.15) is 25.7 Å². The molecule has 0 aromatic carbocycles. The van der Waals surface area contributed by atoms with Crippen LogP contribution in [0.2, 0.25) is 0 Å². The molecular formula is C10H12. The average Bonchev–Trinajstić information content (AvgIpc) is 2.01. The molecule has 0 aromatic rings. The Morgan fingerprint density at radius 2 is 1.70 bits per heavy atom. The molecule has 0 bridgehead atoms. The summed E-state index contributed by atoms with van der Waals surface area (Å²) < 4.78 is 0. The first kappa shape index (κ1) is 7.15. The van der Waals surface area contributed by atoms with E-state index < -0.39 is 0 Å². The monoisotopic (exact) mass is 132 g/mol. The van der Waals surface area contributed by atoms with Gasteiger partial charge in [-0.05, 0) is 25.3 Å². The predicted molar refractivity (Wildman–Crippen MR) is 44.5 cm³/mol. The highest BCUT2D eigenvalue weighted by molar-refractivity contribution is 5.16. The molecule has 0 aromatic heterocycles. The third kappa shape index (κ3) is 3.14. The van der Waals surface area contributed by atoms with Crippen LogP contribution in [0, 0.1) is 11.8 Å². The molecule has 52 valence electrons. The van der Waals surface area contributed by atoms with Crippen LogP contribution in [0.25, 0.3) is 0 Å². The van der Waals surface area contributed by atoms with Gasteiger partial charge < -0.3 is 0 Å². The summed E-state index contributed by atoms with van der Waals surface area (Å²) in [5.41, 5.74) is 0. The molecule has 0 spiro atoms. The molecule has 0 heterocycles. The van der Waals surface area contributed by atoms with Gasteiger partial charge in [0.1, 0.15) is 0 Å². The first-order chi connectivity index (χ1) is 5.00. The first-order valence-corrected chi connectivity index (χ1v) is 3.78. The highest BCUT2D eigenvalue weighted by Crippen LogP contribution is 1.97. The summed E-state index contributed by atoms with van der Waals surface area (Å²) in [6, 6.07) is 0. The largest absolute Gasteiger partial charge is 0.0982 e. The Labute approximate surface area is 62.6 Å². The van der Waals surface area contributed by atoms with Gasteiger partial charge in [0.25, 0.3) is 0 Å². The van der Waals surface area contributed by atoms with Crippen molar-refractivity contribution >= 4 is 0 Å². The zero-order valence-corrected chi connectivity index (χ0v) is 6.14. The van der Waals surface area contributed by atoms with E-state index >= 15 is 0 Å². The van der Waals surface area contributed by atoms with E-state index in [4.69, 9.17) is 0 Å². The fourth-order valence-corrected chi connectivity index (χ4v) is 0.857. The second-order valence-electron chi connectivity index (χ2n) is 2.31. The topological polar surface area (TPSA) is 0 Å². The molecule has 0 aliphatic heterocycles. The Morgan fingerprint density at radius 1 is 0.900 bits per heavy atom. The lowest BCUT2D eigenvalue weighted by atomic mass is 10.2. The summed E-state index contributed by atoms with van der Waals surface area (Å²) >= 11 is 0. The maximum Gasteiger partial charge on any atom is 0.0127 e. The molecule has 1 aliphatic carbocycles. The van der Waals surface area contributed by atoms with Gasteiger partial charge in [-0.15, -0.1) is 0 Å². The van der Waals surface area contributed by atoms with Gasteiger partial charge in [-0.1, -0.05) is 30.1 Å². The number of rotatable bonds is 0. The normalized spacial score (nSPS) is 17.6. The Kier molecular flexibility index (Phi) is 3.49. The standard InChI is InChI=1S/C10H12/c1-2-4-6-8-10-9-7-5-3-1/h1-2,7,9H,3-6H2. The second-order valence-corrected chi connectivity index (χ2v) is 2.31. The summed E-state index contributed by atoms with van der Waals surface area (Å²) in [5.74, 6) is 6.06. The zero-order chi connectivity index (χ0) is 7.07. The third-order valence-corrected chi connectivity index (χ3v) is 1.41. The SMILES string of the molecule is C1#CCCC=CCCC=C1. The van der Waals surface area contributed by atoms with Gasteiger partial charge in [-0.25, -0.2) is 0 Å². The molecule has 0 amide bonds. The maximum absolute atomic E-state index is 3.07. The van der Waals surface area contributed by atoms with E-state index in [1.807, 2.05) is 6.08 Å². The van der Waals surface area contributed by atoms with E-state index in [0.717, 1.165) is 25.7 Å². The minimum absolute atomic E-state index is 1.00. The molecule has 1 aliphatic rings. The lowest BCUT2D eigenvalue weighted by Crippen LogP contribution is -1.70. The third-order valence-electron chi connectivity index (χ3n) is 1.41. The second kappa shape index (κ2) is 4.88. The molecule has 0 saturated heterocycles. The van der Waals surface area contributed by atoms with Crippen LogP contribution in [-0.4, -0.2) is 0 Å². The Bertz CT molecular complexity index is 186. The first-order valence-electron chi connectivity index (χ1n) is 3.78. The van der Waals surface area contributed by atoms with Crippen molar-refractivity contribution < 1.29 is 0 Å². The summed E-state index contributed by atoms with van der Waals surface area (Å²) in [6.45, 7) is 0. The Morgan fingerprint density at radius 3 is 2.70 bits per heavy atom. The molecule has 0 fully saturated rings. The number of hydrogen-bond acceptors (Lipinski definition) is 0. The van der Waals surface area contributed by atoms with Crippen molar-refractivity contribution in [2.45, 2.75) is 25.7 Å². The van der Waals surface area contributed by atoms with Crippen LogP contribution in [0.4, 0.5) is 0 Å². The smallest absolute Gasteiger partial charge is 0.0127 e. The van der Waals surface area contributed by atoms with E-state index in [1.165, 1.54) is 0 Å². The molecule has 0 nitrogen and oxygen atoms in total. The van der Waals surface area contributed by atoms with E-state index in [2.05, 4.69) is 30.1 Å². The fourth-order valence-electron chi connectivity index (χ4n) is 0.857. The van der Waals surface area contributed by atoms with Crippen LogP contribution in [-0.2, 0) is 0 Å². The Hall–Kier alpha value is -0.960. The van der Waals surface area contributed by atoms with Crippen molar-refractivity contribution in [2.75, 3.05) is 0 Å². The number of hydrogen-bond donors (Lipinski definition) is 0. The number of allylic oxidation sites excluding steroid dienone is 4. The molecule has 0 N–H and O–H groups in total. The molecule has 0 radical (unpaired) electrons. The van der Waals surface area contributed by atoms with Crippen molar-refractivity contribution in [3.63, 3.8) is 0 Å². The minimum atomic E-state index is 1.00. The van der Waals surface area contributed by atoms with E-state index in [0.29, 0.717) is 0 Å². The molecule has 0 unspecified atom stereocenters. The van der Waals surface area contributed by atoms with Gasteiger partial charge in [0.05, 0.1) is 0 Å².